The van der Waals surface area contributed by atoms with Crippen LogP contribution in [0.3, 0.4) is 0 Å². The molecule has 128 valence electrons. The third kappa shape index (κ3) is 6.20. The molecule has 0 bridgehead atoms. The third-order valence-electron chi connectivity index (χ3n) is 4.01. The van der Waals surface area contributed by atoms with Crippen LogP contribution in [-0.2, 0) is 6.54 Å². The normalized spacial score (nSPS) is 20.7. The molecule has 1 aromatic heterocycles. The smallest absolute Gasteiger partial charge is 0.223 e. The van der Waals surface area contributed by atoms with Gasteiger partial charge in [0.05, 0.1) is 6.54 Å². The van der Waals surface area contributed by atoms with Crippen LogP contribution in [0.25, 0.3) is 0 Å². The number of hydrogen-bond donors (Lipinski definition) is 1. The standard InChI is InChI=1S/C15H29N5O.ClH/c1-12-17-14(18-21-12)10-19(4)13-6-5-8-20(9-7-13)11-15(2,3)16;/h13H,5-11,16H2,1-4H3;1H. The monoisotopic (exact) mass is 331 g/mol. The maximum Gasteiger partial charge on any atom is 0.223 e. The summed E-state index contributed by atoms with van der Waals surface area (Å²) in [4.78, 5) is 9.13. The Hall–Kier alpha value is -0.690. The predicted octanol–water partition coefficient (Wildman–Crippen LogP) is 1.82. The molecule has 2 heterocycles. The molecule has 0 aliphatic carbocycles. The van der Waals surface area contributed by atoms with Crippen LogP contribution in [0.4, 0.5) is 0 Å². The Balaban J connectivity index is 0.00000242. The first kappa shape index (κ1) is 19.4. The molecular weight excluding hydrogens is 302 g/mol. The van der Waals surface area contributed by atoms with E-state index in [0.29, 0.717) is 11.9 Å². The van der Waals surface area contributed by atoms with Gasteiger partial charge >= 0.3 is 0 Å². The van der Waals surface area contributed by atoms with Gasteiger partial charge in [-0.05, 0) is 53.2 Å². The van der Waals surface area contributed by atoms with Crippen LogP contribution in [0.2, 0.25) is 0 Å². The van der Waals surface area contributed by atoms with Gasteiger partial charge in [-0.2, -0.15) is 4.98 Å². The maximum absolute atomic E-state index is 6.14. The summed E-state index contributed by atoms with van der Waals surface area (Å²) in [6.45, 7) is 10.00. The van der Waals surface area contributed by atoms with Crippen molar-refractivity contribution in [2.24, 2.45) is 5.73 Å². The topological polar surface area (TPSA) is 71.4 Å². The lowest BCUT2D eigenvalue weighted by Crippen LogP contribution is -2.45. The van der Waals surface area contributed by atoms with Gasteiger partial charge in [-0.15, -0.1) is 12.4 Å². The maximum atomic E-state index is 6.14. The van der Waals surface area contributed by atoms with E-state index in [9.17, 15) is 0 Å². The average Bonchev–Trinajstić information content (AvgIpc) is 2.63. The van der Waals surface area contributed by atoms with E-state index in [1.165, 1.54) is 19.3 Å². The van der Waals surface area contributed by atoms with Gasteiger partial charge in [0.15, 0.2) is 5.82 Å². The molecule has 1 fully saturated rings. The minimum absolute atomic E-state index is 0. The molecule has 7 heteroatoms. The Morgan fingerprint density at radius 2 is 2.09 bits per heavy atom. The molecule has 1 unspecified atom stereocenters. The summed E-state index contributed by atoms with van der Waals surface area (Å²) in [7, 11) is 2.15. The number of aryl methyl sites for hydroxylation is 1. The Labute approximate surface area is 139 Å². The molecule has 0 radical (unpaired) electrons. The van der Waals surface area contributed by atoms with Crippen molar-refractivity contribution < 1.29 is 4.52 Å². The van der Waals surface area contributed by atoms with E-state index in [-0.39, 0.29) is 17.9 Å². The molecule has 1 aliphatic heterocycles. The van der Waals surface area contributed by atoms with Crippen molar-refractivity contribution in [3.63, 3.8) is 0 Å². The Kier molecular flexibility index (Phi) is 7.25. The molecule has 0 aromatic carbocycles. The van der Waals surface area contributed by atoms with Gasteiger partial charge in [0.1, 0.15) is 0 Å². The van der Waals surface area contributed by atoms with Crippen molar-refractivity contribution in [2.45, 2.75) is 58.2 Å². The second kappa shape index (κ2) is 8.24. The summed E-state index contributed by atoms with van der Waals surface area (Å²) in [5.74, 6) is 1.41. The number of rotatable bonds is 5. The first-order valence-corrected chi connectivity index (χ1v) is 7.84. The van der Waals surface area contributed by atoms with Crippen LogP contribution in [0.1, 0.15) is 44.8 Å². The predicted molar refractivity (Wildman–Crippen MR) is 90.1 cm³/mol. The van der Waals surface area contributed by atoms with Gasteiger partial charge in [-0.25, -0.2) is 0 Å². The van der Waals surface area contributed by atoms with Gasteiger partial charge < -0.3 is 15.2 Å². The van der Waals surface area contributed by atoms with E-state index in [2.05, 4.69) is 40.8 Å². The number of nitrogens with zero attached hydrogens (tertiary/aromatic N) is 4. The SMILES string of the molecule is Cc1nc(CN(C)C2CCCN(CC(C)(C)N)CC2)no1.Cl. The molecule has 1 saturated heterocycles. The summed E-state index contributed by atoms with van der Waals surface area (Å²) in [5, 5.41) is 3.98. The molecule has 1 atom stereocenters. The number of nitrogens with two attached hydrogens (primary N) is 1. The molecular formula is C15H30ClN5O. The van der Waals surface area contributed by atoms with E-state index >= 15 is 0 Å². The lowest BCUT2D eigenvalue weighted by molar-refractivity contribution is 0.194. The molecule has 1 aliphatic rings. The fraction of sp³-hybridized carbons (Fsp3) is 0.867. The number of halogens is 1. The van der Waals surface area contributed by atoms with E-state index in [0.717, 1.165) is 32.0 Å². The lowest BCUT2D eigenvalue weighted by Gasteiger charge is -2.29. The zero-order valence-electron chi connectivity index (χ0n) is 14.2. The highest BCUT2D eigenvalue weighted by molar-refractivity contribution is 5.85. The fourth-order valence-electron chi connectivity index (χ4n) is 3.07. The van der Waals surface area contributed by atoms with Gasteiger partial charge in [-0.1, -0.05) is 5.16 Å². The first-order valence-electron chi connectivity index (χ1n) is 7.84. The van der Waals surface area contributed by atoms with E-state index < -0.39 is 0 Å². The second-order valence-electron chi connectivity index (χ2n) is 6.99. The summed E-state index contributed by atoms with van der Waals surface area (Å²) in [5.41, 5.74) is 6.02. The van der Waals surface area contributed by atoms with Gasteiger partial charge in [0.2, 0.25) is 5.89 Å². The van der Waals surface area contributed by atoms with Crippen molar-refractivity contribution in [1.82, 2.24) is 19.9 Å². The highest BCUT2D eigenvalue weighted by Gasteiger charge is 2.24. The molecule has 22 heavy (non-hydrogen) atoms. The zero-order valence-corrected chi connectivity index (χ0v) is 15.0. The lowest BCUT2D eigenvalue weighted by atomic mass is 10.1. The second-order valence-corrected chi connectivity index (χ2v) is 6.99. The van der Waals surface area contributed by atoms with Crippen molar-refractivity contribution in [1.29, 1.82) is 0 Å². The average molecular weight is 332 g/mol. The van der Waals surface area contributed by atoms with Gasteiger partial charge in [-0.3, -0.25) is 4.90 Å². The number of hydrogen-bond acceptors (Lipinski definition) is 6. The highest BCUT2D eigenvalue weighted by Crippen LogP contribution is 2.18. The van der Waals surface area contributed by atoms with Crippen molar-refractivity contribution in [3.05, 3.63) is 11.7 Å². The molecule has 2 N–H and O–H groups in total. The van der Waals surface area contributed by atoms with Crippen molar-refractivity contribution in [2.75, 3.05) is 26.7 Å². The number of aromatic nitrogens is 2. The number of likely N-dealkylation sites (tertiary alicyclic amines) is 1. The molecule has 2 rings (SSSR count). The van der Waals surface area contributed by atoms with Crippen LogP contribution in [-0.4, -0.2) is 58.2 Å². The van der Waals surface area contributed by atoms with Crippen LogP contribution < -0.4 is 5.73 Å². The quantitative estimate of drug-likeness (QED) is 0.887. The molecule has 6 nitrogen and oxygen atoms in total. The van der Waals surface area contributed by atoms with E-state index in [1.54, 1.807) is 0 Å². The van der Waals surface area contributed by atoms with Crippen LogP contribution in [0.15, 0.2) is 4.52 Å². The highest BCUT2D eigenvalue weighted by atomic mass is 35.5. The summed E-state index contributed by atoms with van der Waals surface area (Å²) in [6, 6.07) is 0.578. The Morgan fingerprint density at radius 1 is 1.36 bits per heavy atom. The summed E-state index contributed by atoms with van der Waals surface area (Å²) < 4.78 is 5.04. The fourth-order valence-corrected chi connectivity index (χ4v) is 3.07. The van der Waals surface area contributed by atoms with Crippen LogP contribution >= 0.6 is 12.4 Å². The molecule has 0 amide bonds. The Morgan fingerprint density at radius 3 is 2.68 bits per heavy atom. The molecule has 0 spiro atoms. The summed E-state index contributed by atoms with van der Waals surface area (Å²) in [6.07, 6.45) is 3.61. The van der Waals surface area contributed by atoms with Gasteiger partial charge in [0.25, 0.3) is 0 Å². The zero-order chi connectivity index (χ0) is 15.5. The minimum atomic E-state index is -0.117. The third-order valence-corrected chi connectivity index (χ3v) is 4.01. The van der Waals surface area contributed by atoms with E-state index in [1.807, 2.05) is 6.92 Å². The summed E-state index contributed by atoms with van der Waals surface area (Å²) >= 11 is 0. The van der Waals surface area contributed by atoms with Crippen LogP contribution in [0, 0.1) is 6.92 Å². The Bertz CT molecular complexity index is 445. The van der Waals surface area contributed by atoms with E-state index in [4.69, 9.17) is 10.3 Å². The van der Waals surface area contributed by atoms with Gasteiger partial charge in [0, 0.05) is 25.0 Å². The van der Waals surface area contributed by atoms with Crippen molar-refractivity contribution >= 4 is 12.4 Å². The van der Waals surface area contributed by atoms with Crippen molar-refractivity contribution in [3.8, 4) is 0 Å². The first-order chi connectivity index (χ1) is 9.83. The molecule has 0 saturated carbocycles. The largest absolute Gasteiger partial charge is 0.340 e. The molecule has 1 aromatic rings. The minimum Gasteiger partial charge on any atom is -0.340 e. The van der Waals surface area contributed by atoms with Crippen LogP contribution in [0.5, 0.6) is 0 Å².